The fourth-order valence-electron chi connectivity index (χ4n) is 3.36. The Labute approximate surface area is 210 Å². The molecule has 33 heavy (non-hydrogen) atoms. The molecule has 1 saturated heterocycles. The summed E-state index contributed by atoms with van der Waals surface area (Å²) in [6.07, 6.45) is 0.366. The van der Waals surface area contributed by atoms with Crippen LogP contribution in [0.5, 0.6) is 5.75 Å². The van der Waals surface area contributed by atoms with Crippen molar-refractivity contribution in [2.45, 2.75) is 24.8 Å². The van der Waals surface area contributed by atoms with Crippen molar-refractivity contribution >= 4 is 54.8 Å². The van der Waals surface area contributed by atoms with Gasteiger partial charge in [-0.2, -0.15) is 0 Å². The van der Waals surface area contributed by atoms with Crippen LogP contribution in [0.4, 0.5) is 13.6 Å². The molecule has 9 heteroatoms. The Bertz CT molecular complexity index is 1170. The van der Waals surface area contributed by atoms with E-state index in [0.29, 0.717) is 26.7 Å². The summed E-state index contributed by atoms with van der Waals surface area (Å²) in [5.74, 6) is -0.355. The van der Waals surface area contributed by atoms with E-state index in [4.69, 9.17) is 4.74 Å². The topological polar surface area (TPSA) is 46.6 Å². The molecule has 0 saturated carbocycles. The summed E-state index contributed by atoms with van der Waals surface area (Å²) in [6, 6.07) is 15.5. The minimum Gasteiger partial charge on any atom is -0.487 e. The third kappa shape index (κ3) is 5.83. The molecule has 1 aliphatic heterocycles. The number of ether oxygens (including phenoxy) is 1. The van der Waals surface area contributed by atoms with Crippen molar-refractivity contribution in [1.82, 2.24) is 4.90 Å². The van der Waals surface area contributed by atoms with Gasteiger partial charge in [-0.05, 0) is 91.4 Å². The van der Waals surface area contributed by atoms with E-state index in [1.807, 2.05) is 12.1 Å². The quantitative estimate of drug-likeness (QED) is 0.298. The third-order valence-corrected chi connectivity index (χ3v) is 7.29. The number of benzene rings is 3. The number of imide groups is 1. The Morgan fingerprint density at radius 3 is 1.97 bits per heavy atom. The van der Waals surface area contributed by atoms with Gasteiger partial charge < -0.3 is 4.74 Å². The number of hydrogen-bond donors (Lipinski definition) is 0. The Morgan fingerprint density at radius 2 is 1.39 bits per heavy atom. The SMILES string of the molecule is O=C1S[C@@H](Cc2cc(Br)c(OCc3ccc(F)cc3)c(Br)c2)C(=O)N1Cc1ccc(F)cc1. The fourth-order valence-corrected chi connectivity index (χ4v) is 5.90. The van der Waals surface area contributed by atoms with Crippen LogP contribution in [0.15, 0.2) is 69.6 Å². The van der Waals surface area contributed by atoms with Gasteiger partial charge in [0.25, 0.3) is 5.24 Å². The maximum Gasteiger partial charge on any atom is 0.289 e. The average Bonchev–Trinajstić information content (AvgIpc) is 3.03. The molecule has 3 aromatic carbocycles. The molecule has 1 fully saturated rings. The predicted molar refractivity (Wildman–Crippen MR) is 130 cm³/mol. The number of nitrogens with zero attached hydrogens (tertiary/aromatic N) is 1. The second-order valence-electron chi connectivity index (χ2n) is 7.43. The van der Waals surface area contributed by atoms with Crippen molar-refractivity contribution < 1.29 is 23.1 Å². The maximum absolute atomic E-state index is 13.1. The minimum absolute atomic E-state index is 0.116. The zero-order chi connectivity index (χ0) is 23.5. The Hall–Kier alpha value is -2.23. The molecule has 0 N–H and O–H groups in total. The first kappa shape index (κ1) is 23.9. The Morgan fingerprint density at radius 1 is 0.848 bits per heavy atom. The summed E-state index contributed by atoms with van der Waals surface area (Å²) in [5, 5.41) is -0.852. The molecule has 3 aromatic rings. The van der Waals surface area contributed by atoms with Crippen molar-refractivity contribution in [3.63, 3.8) is 0 Å². The lowest BCUT2D eigenvalue weighted by Gasteiger charge is -2.15. The lowest BCUT2D eigenvalue weighted by molar-refractivity contribution is -0.127. The van der Waals surface area contributed by atoms with E-state index in [1.165, 1.54) is 29.2 Å². The Balaban J connectivity index is 1.42. The highest BCUT2D eigenvalue weighted by Crippen LogP contribution is 2.37. The molecule has 0 spiro atoms. The van der Waals surface area contributed by atoms with Gasteiger partial charge in [-0.3, -0.25) is 14.5 Å². The second-order valence-corrected chi connectivity index (χ2v) is 10.3. The van der Waals surface area contributed by atoms with Gasteiger partial charge in [0.15, 0.2) is 0 Å². The zero-order valence-electron chi connectivity index (χ0n) is 17.1. The first-order valence-electron chi connectivity index (χ1n) is 9.92. The average molecular weight is 597 g/mol. The molecular weight excluding hydrogens is 580 g/mol. The zero-order valence-corrected chi connectivity index (χ0v) is 21.1. The number of hydrogen-bond acceptors (Lipinski definition) is 4. The first-order valence-corrected chi connectivity index (χ1v) is 12.4. The number of thioether (sulfide) groups is 1. The standard InChI is InChI=1S/C24H17Br2F2NO3S/c25-19-9-16(10-20(26)22(19)32-13-15-3-7-18(28)8-4-15)11-21-23(30)29(24(31)33-21)12-14-1-5-17(27)6-2-14/h1-10,21H,11-13H2/t21-/m0/s1. The van der Waals surface area contributed by atoms with Crippen LogP contribution in [-0.4, -0.2) is 21.3 Å². The number of carbonyl (C=O) groups excluding carboxylic acids is 2. The van der Waals surface area contributed by atoms with E-state index in [1.54, 1.807) is 24.3 Å². The maximum atomic E-state index is 13.1. The molecular formula is C24H17Br2F2NO3S. The van der Waals surface area contributed by atoms with Crippen LogP contribution in [0.1, 0.15) is 16.7 Å². The highest BCUT2D eigenvalue weighted by molar-refractivity contribution is 9.11. The van der Waals surface area contributed by atoms with Crippen LogP contribution < -0.4 is 4.74 Å². The van der Waals surface area contributed by atoms with Crippen molar-refractivity contribution in [3.05, 3.63) is 97.9 Å². The van der Waals surface area contributed by atoms with Gasteiger partial charge in [0.2, 0.25) is 5.91 Å². The van der Waals surface area contributed by atoms with Crippen LogP contribution >= 0.6 is 43.6 Å². The molecule has 1 heterocycles. The van der Waals surface area contributed by atoms with E-state index in [9.17, 15) is 18.4 Å². The molecule has 0 aromatic heterocycles. The summed E-state index contributed by atoms with van der Waals surface area (Å²) in [5.41, 5.74) is 2.37. The normalized spacial score (nSPS) is 15.9. The van der Waals surface area contributed by atoms with E-state index >= 15 is 0 Å². The van der Waals surface area contributed by atoms with Crippen LogP contribution in [0.25, 0.3) is 0 Å². The summed E-state index contributed by atoms with van der Waals surface area (Å²) in [4.78, 5) is 26.5. The molecule has 1 atom stereocenters. The molecule has 0 radical (unpaired) electrons. The van der Waals surface area contributed by atoms with E-state index in [0.717, 1.165) is 22.9 Å². The summed E-state index contributed by atoms with van der Waals surface area (Å²) < 4.78 is 33.4. The van der Waals surface area contributed by atoms with Gasteiger partial charge in [-0.15, -0.1) is 0 Å². The van der Waals surface area contributed by atoms with Crippen LogP contribution in [0.3, 0.4) is 0 Å². The summed E-state index contributed by atoms with van der Waals surface area (Å²) >= 11 is 8.01. The van der Waals surface area contributed by atoms with Crippen LogP contribution in [-0.2, 0) is 24.4 Å². The van der Waals surface area contributed by atoms with E-state index < -0.39 is 5.25 Å². The smallest absolute Gasteiger partial charge is 0.289 e. The van der Waals surface area contributed by atoms with Crippen molar-refractivity contribution in [2.75, 3.05) is 0 Å². The molecule has 2 amide bonds. The van der Waals surface area contributed by atoms with Gasteiger partial charge in [0.05, 0.1) is 20.7 Å². The van der Waals surface area contributed by atoms with Crippen LogP contribution in [0, 0.1) is 11.6 Å². The molecule has 0 bridgehead atoms. The number of rotatable bonds is 7. The molecule has 1 aliphatic rings. The molecule has 0 unspecified atom stereocenters. The van der Waals surface area contributed by atoms with Gasteiger partial charge >= 0.3 is 0 Å². The van der Waals surface area contributed by atoms with Crippen molar-refractivity contribution in [2.24, 2.45) is 0 Å². The number of amides is 2. The van der Waals surface area contributed by atoms with Crippen LogP contribution in [0.2, 0.25) is 0 Å². The summed E-state index contributed by atoms with van der Waals surface area (Å²) in [6.45, 7) is 0.381. The van der Waals surface area contributed by atoms with Gasteiger partial charge in [0, 0.05) is 0 Å². The summed E-state index contributed by atoms with van der Waals surface area (Å²) in [7, 11) is 0. The Kier molecular flexibility index (Phi) is 7.51. The van der Waals surface area contributed by atoms with E-state index in [-0.39, 0.29) is 35.9 Å². The number of halogens is 4. The molecule has 4 rings (SSSR count). The third-order valence-electron chi connectivity index (χ3n) is 5.03. The van der Waals surface area contributed by atoms with E-state index in [2.05, 4.69) is 31.9 Å². The van der Waals surface area contributed by atoms with Crippen molar-refractivity contribution in [1.29, 1.82) is 0 Å². The lowest BCUT2D eigenvalue weighted by atomic mass is 10.1. The second kappa shape index (κ2) is 10.4. The first-order chi connectivity index (χ1) is 15.8. The number of carbonyl (C=O) groups is 2. The molecule has 4 nitrogen and oxygen atoms in total. The highest BCUT2D eigenvalue weighted by Gasteiger charge is 2.39. The van der Waals surface area contributed by atoms with Gasteiger partial charge in [-0.1, -0.05) is 36.0 Å². The lowest BCUT2D eigenvalue weighted by Crippen LogP contribution is -2.31. The highest BCUT2D eigenvalue weighted by atomic mass is 79.9. The van der Waals surface area contributed by atoms with Gasteiger partial charge in [-0.25, -0.2) is 8.78 Å². The molecule has 170 valence electrons. The predicted octanol–water partition coefficient (Wildman–Crippen LogP) is 6.88. The monoisotopic (exact) mass is 595 g/mol. The molecule has 0 aliphatic carbocycles. The largest absolute Gasteiger partial charge is 0.487 e. The fraction of sp³-hybridized carbons (Fsp3) is 0.167. The van der Waals surface area contributed by atoms with Crippen molar-refractivity contribution in [3.8, 4) is 5.75 Å². The minimum atomic E-state index is -0.539. The van der Waals surface area contributed by atoms with Gasteiger partial charge in [0.1, 0.15) is 24.0 Å².